The summed E-state index contributed by atoms with van der Waals surface area (Å²) >= 11 is -1.04. The van der Waals surface area contributed by atoms with Gasteiger partial charge < -0.3 is 15.0 Å². The molecule has 6 heteroatoms. The molecule has 0 aliphatic heterocycles. The van der Waals surface area contributed by atoms with Crippen LogP contribution in [-0.2, 0) is 20.8 Å². The SMILES string of the molecule is CCCCCCCCCC(=O)NC(CC[S+](C)[O-])C(=O)O. The molecule has 5 nitrogen and oxygen atoms in total. The third-order valence-corrected chi connectivity index (χ3v) is 4.15. The van der Waals surface area contributed by atoms with Crippen molar-refractivity contribution >= 4 is 23.1 Å². The fourth-order valence-corrected chi connectivity index (χ4v) is 2.62. The van der Waals surface area contributed by atoms with E-state index in [-0.39, 0.29) is 18.1 Å². The lowest BCUT2D eigenvalue weighted by molar-refractivity contribution is -0.141. The van der Waals surface area contributed by atoms with Crippen molar-refractivity contribution in [3.05, 3.63) is 0 Å². The maximum Gasteiger partial charge on any atom is 0.326 e. The predicted octanol–water partition coefficient (Wildman–Crippen LogP) is 2.47. The summed E-state index contributed by atoms with van der Waals surface area (Å²) in [7, 11) is 0. The van der Waals surface area contributed by atoms with Crippen molar-refractivity contribution in [1.29, 1.82) is 0 Å². The summed E-state index contributed by atoms with van der Waals surface area (Å²) in [5.74, 6) is -1.000. The van der Waals surface area contributed by atoms with E-state index < -0.39 is 23.2 Å². The summed E-state index contributed by atoms with van der Waals surface area (Å²) in [6.45, 7) is 2.18. The van der Waals surface area contributed by atoms with Crippen LogP contribution in [0.15, 0.2) is 0 Å². The van der Waals surface area contributed by atoms with Gasteiger partial charge in [-0.15, -0.1) is 0 Å². The van der Waals surface area contributed by atoms with Crippen LogP contribution in [0.4, 0.5) is 0 Å². The van der Waals surface area contributed by atoms with Gasteiger partial charge >= 0.3 is 5.97 Å². The van der Waals surface area contributed by atoms with Crippen molar-refractivity contribution in [2.75, 3.05) is 12.0 Å². The zero-order valence-corrected chi connectivity index (χ0v) is 14.0. The average molecular weight is 319 g/mol. The van der Waals surface area contributed by atoms with E-state index in [0.717, 1.165) is 19.3 Å². The van der Waals surface area contributed by atoms with Gasteiger partial charge in [-0.2, -0.15) is 0 Å². The number of hydrogen-bond donors (Lipinski definition) is 2. The van der Waals surface area contributed by atoms with E-state index >= 15 is 0 Å². The van der Waals surface area contributed by atoms with Crippen LogP contribution in [0.2, 0.25) is 0 Å². The van der Waals surface area contributed by atoms with Gasteiger partial charge in [0.25, 0.3) is 0 Å². The molecule has 0 saturated heterocycles. The summed E-state index contributed by atoms with van der Waals surface area (Å²) in [5, 5.41) is 11.5. The molecule has 0 spiro atoms. The molecule has 124 valence electrons. The molecule has 0 saturated carbocycles. The van der Waals surface area contributed by atoms with Gasteiger partial charge in [-0.05, 0) is 6.42 Å². The maximum absolute atomic E-state index is 11.7. The zero-order valence-electron chi connectivity index (χ0n) is 13.2. The van der Waals surface area contributed by atoms with Crippen molar-refractivity contribution in [2.24, 2.45) is 0 Å². The second-order valence-electron chi connectivity index (χ2n) is 5.40. The Morgan fingerprint density at radius 1 is 1.14 bits per heavy atom. The lowest BCUT2D eigenvalue weighted by atomic mass is 10.1. The molecule has 0 aliphatic rings. The van der Waals surface area contributed by atoms with Gasteiger partial charge in [0.05, 0.1) is 6.26 Å². The minimum Gasteiger partial charge on any atom is -0.617 e. The largest absolute Gasteiger partial charge is 0.617 e. The smallest absolute Gasteiger partial charge is 0.326 e. The normalized spacial score (nSPS) is 13.7. The number of carbonyl (C=O) groups excluding carboxylic acids is 1. The van der Waals surface area contributed by atoms with Gasteiger partial charge in [-0.1, -0.05) is 56.6 Å². The van der Waals surface area contributed by atoms with Crippen molar-refractivity contribution in [3.8, 4) is 0 Å². The highest BCUT2D eigenvalue weighted by molar-refractivity contribution is 7.90. The first-order chi connectivity index (χ1) is 9.97. The zero-order chi connectivity index (χ0) is 16.1. The lowest BCUT2D eigenvalue weighted by Gasteiger charge is -2.14. The van der Waals surface area contributed by atoms with E-state index in [0.29, 0.717) is 6.42 Å². The Kier molecular flexibility index (Phi) is 12.5. The van der Waals surface area contributed by atoms with E-state index in [2.05, 4.69) is 12.2 Å². The molecule has 0 aromatic carbocycles. The molecule has 2 N–H and O–H groups in total. The van der Waals surface area contributed by atoms with Gasteiger partial charge in [0.2, 0.25) is 5.91 Å². The second-order valence-corrected chi connectivity index (χ2v) is 6.95. The highest BCUT2D eigenvalue weighted by Gasteiger charge is 2.21. The van der Waals surface area contributed by atoms with E-state index in [1.165, 1.54) is 31.9 Å². The minimum absolute atomic E-state index is 0.210. The van der Waals surface area contributed by atoms with Crippen LogP contribution in [0.5, 0.6) is 0 Å². The molecule has 0 radical (unpaired) electrons. The van der Waals surface area contributed by atoms with Crippen LogP contribution >= 0.6 is 0 Å². The highest BCUT2D eigenvalue weighted by atomic mass is 32.2. The third kappa shape index (κ3) is 12.7. The molecular weight excluding hydrogens is 290 g/mol. The molecule has 0 aliphatic carbocycles. The topological polar surface area (TPSA) is 89.5 Å². The van der Waals surface area contributed by atoms with Crippen LogP contribution in [0, 0.1) is 0 Å². The number of carboxylic acid groups (broad SMARTS) is 1. The Morgan fingerprint density at radius 3 is 2.24 bits per heavy atom. The summed E-state index contributed by atoms with van der Waals surface area (Å²) in [6, 6.07) is -0.925. The number of rotatable bonds is 13. The number of aliphatic carboxylic acids is 1. The van der Waals surface area contributed by atoms with Crippen LogP contribution in [0.3, 0.4) is 0 Å². The van der Waals surface area contributed by atoms with Gasteiger partial charge in [0.15, 0.2) is 0 Å². The van der Waals surface area contributed by atoms with Gasteiger partial charge in [-0.25, -0.2) is 4.79 Å². The molecule has 0 rings (SSSR count). The summed E-state index contributed by atoms with van der Waals surface area (Å²) in [6.07, 6.45) is 9.98. The molecule has 0 bridgehead atoms. The van der Waals surface area contributed by atoms with Crippen molar-refractivity contribution in [1.82, 2.24) is 5.32 Å². The fraction of sp³-hybridized carbons (Fsp3) is 0.867. The Bertz CT molecular complexity index is 297. The quantitative estimate of drug-likeness (QED) is 0.403. The van der Waals surface area contributed by atoms with E-state index in [1.54, 1.807) is 0 Å². The predicted molar refractivity (Wildman–Crippen MR) is 85.7 cm³/mol. The maximum atomic E-state index is 11.7. The second kappa shape index (κ2) is 13.0. The molecule has 0 heterocycles. The van der Waals surface area contributed by atoms with E-state index in [4.69, 9.17) is 5.11 Å². The fourth-order valence-electron chi connectivity index (χ4n) is 2.05. The Hall–Kier alpha value is -0.750. The van der Waals surface area contributed by atoms with Crippen molar-refractivity contribution in [2.45, 2.75) is 70.8 Å². The highest BCUT2D eigenvalue weighted by Crippen LogP contribution is 2.08. The Balaban J connectivity index is 3.75. The summed E-state index contributed by atoms with van der Waals surface area (Å²) in [4.78, 5) is 22.7. The van der Waals surface area contributed by atoms with E-state index in [1.807, 2.05) is 0 Å². The number of unbranched alkanes of at least 4 members (excludes halogenated alkanes) is 6. The molecule has 0 aromatic heterocycles. The minimum atomic E-state index is -1.06. The third-order valence-electron chi connectivity index (χ3n) is 3.33. The Morgan fingerprint density at radius 2 is 1.71 bits per heavy atom. The average Bonchev–Trinajstić information content (AvgIpc) is 2.41. The molecule has 0 aromatic rings. The molecule has 2 unspecified atom stereocenters. The first kappa shape index (κ1) is 20.2. The van der Waals surface area contributed by atoms with Crippen LogP contribution in [0.25, 0.3) is 0 Å². The molecule has 21 heavy (non-hydrogen) atoms. The van der Waals surface area contributed by atoms with Crippen LogP contribution in [-0.4, -0.2) is 39.6 Å². The first-order valence-electron chi connectivity index (χ1n) is 7.79. The lowest BCUT2D eigenvalue weighted by Crippen LogP contribution is -2.41. The first-order valence-corrected chi connectivity index (χ1v) is 9.52. The summed E-state index contributed by atoms with van der Waals surface area (Å²) in [5.41, 5.74) is 0. The molecule has 1 amide bonds. The van der Waals surface area contributed by atoms with Crippen molar-refractivity contribution in [3.63, 3.8) is 0 Å². The van der Waals surface area contributed by atoms with Crippen LogP contribution in [0.1, 0.15) is 64.7 Å². The van der Waals surface area contributed by atoms with Crippen LogP contribution < -0.4 is 5.32 Å². The standard InChI is InChI=1S/C15H29NO4S/c1-3-4-5-6-7-8-9-10-14(17)16-13(15(18)19)11-12-21(2)20/h13H,3-12H2,1-2H3,(H,16,17)(H,18,19). The van der Waals surface area contributed by atoms with Gasteiger partial charge in [0, 0.05) is 12.8 Å². The van der Waals surface area contributed by atoms with Gasteiger partial charge in [-0.3, -0.25) is 4.79 Å². The Labute approximate surface area is 131 Å². The number of hydrogen-bond acceptors (Lipinski definition) is 3. The molecule has 2 atom stereocenters. The molecule has 0 fully saturated rings. The number of nitrogens with one attached hydrogen (secondary N) is 1. The number of carbonyl (C=O) groups is 2. The number of carboxylic acids is 1. The molecular formula is C15H29NO4S. The monoisotopic (exact) mass is 319 g/mol. The summed E-state index contributed by atoms with van der Waals surface area (Å²) < 4.78 is 11.0. The van der Waals surface area contributed by atoms with Crippen molar-refractivity contribution < 1.29 is 19.2 Å². The van der Waals surface area contributed by atoms with Gasteiger partial charge in [0.1, 0.15) is 11.8 Å². The van der Waals surface area contributed by atoms with E-state index in [9.17, 15) is 14.1 Å². The number of amides is 1.